The van der Waals surface area contributed by atoms with Gasteiger partial charge in [-0.05, 0) is 31.0 Å². The number of benzene rings is 1. The summed E-state index contributed by atoms with van der Waals surface area (Å²) in [5, 5.41) is 0. The van der Waals surface area contributed by atoms with Crippen LogP contribution in [0.15, 0.2) is 18.2 Å². The maximum absolute atomic E-state index is 12.1. The highest BCUT2D eigenvalue weighted by Gasteiger charge is 2.11. The van der Waals surface area contributed by atoms with Gasteiger partial charge in [-0.1, -0.05) is 6.07 Å². The fraction of sp³-hybridized carbons (Fsp3) is 0.455. The third-order valence-electron chi connectivity index (χ3n) is 2.00. The Balaban J connectivity index is 2.91. The summed E-state index contributed by atoms with van der Waals surface area (Å²) in [6.07, 6.45) is 0.601. The molecule has 1 unspecified atom stereocenters. The van der Waals surface area contributed by atoms with Crippen molar-refractivity contribution in [2.24, 2.45) is 5.73 Å². The van der Waals surface area contributed by atoms with E-state index in [1.54, 1.807) is 12.1 Å². The van der Waals surface area contributed by atoms with Gasteiger partial charge >= 0.3 is 6.61 Å². The van der Waals surface area contributed by atoms with Crippen LogP contribution in [0.3, 0.4) is 0 Å². The van der Waals surface area contributed by atoms with Crippen molar-refractivity contribution < 1.29 is 18.3 Å². The molecule has 0 aliphatic carbocycles. The quantitative estimate of drug-likeness (QED) is 0.844. The number of hydrogen-bond donors (Lipinski definition) is 1. The normalized spacial score (nSPS) is 12.6. The van der Waals surface area contributed by atoms with Crippen molar-refractivity contribution in [3.05, 3.63) is 23.8 Å². The fourth-order valence-corrected chi connectivity index (χ4v) is 1.41. The molecule has 0 saturated carbocycles. The highest BCUT2D eigenvalue weighted by Crippen LogP contribution is 2.29. The lowest BCUT2D eigenvalue weighted by Crippen LogP contribution is -2.17. The Morgan fingerprint density at radius 3 is 2.50 bits per heavy atom. The Morgan fingerprint density at radius 2 is 2.00 bits per heavy atom. The van der Waals surface area contributed by atoms with Crippen LogP contribution >= 0.6 is 0 Å². The van der Waals surface area contributed by atoms with Crippen molar-refractivity contribution in [2.75, 3.05) is 7.11 Å². The molecule has 1 atom stereocenters. The molecule has 0 aliphatic rings. The molecule has 0 spiro atoms. The molecule has 0 fully saturated rings. The molecule has 0 aliphatic heterocycles. The second kappa shape index (κ2) is 5.65. The number of hydrogen-bond acceptors (Lipinski definition) is 3. The van der Waals surface area contributed by atoms with Crippen molar-refractivity contribution in [3.63, 3.8) is 0 Å². The highest BCUT2D eigenvalue weighted by atomic mass is 19.3. The Hall–Kier alpha value is -1.36. The molecular formula is C11H15F2NO2. The van der Waals surface area contributed by atoms with Gasteiger partial charge in [0.05, 0.1) is 7.11 Å². The van der Waals surface area contributed by atoms with Gasteiger partial charge < -0.3 is 15.2 Å². The second-order valence-corrected chi connectivity index (χ2v) is 3.55. The molecule has 1 aromatic carbocycles. The van der Waals surface area contributed by atoms with Crippen LogP contribution in [0.4, 0.5) is 8.78 Å². The van der Waals surface area contributed by atoms with E-state index in [2.05, 4.69) is 4.74 Å². The highest BCUT2D eigenvalue weighted by molar-refractivity contribution is 5.43. The van der Waals surface area contributed by atoms with E-state index >= 15 is 0 Å². The minimum absolute atomic E-state index is 0.0344. The number of nitrogens with two attached hydrogens (primary N) is 1. The van der Waals surface area contributed by atoms with Crippen LogP contribution in [0.2, 0.25) is 0 Å². The van der Waals surface area contributed by atoms with E-state index in [9.17, 15) is 8.78 Å². The number of halogens is 2. The van der Waals surface area contributed by atoms with Crippen LogP contribution < -0.4 is 15.2 Å². The first-order chi connectivity index (χ1) is 7.52. The van der Waals surface area contributed by atoms with Gasteiger partial charge in [-0.2, -0.15) is 8.78 Å². The second-order valence-electron chi connectivity index (χ2n) is 3.55. The van der Waals surface area contributed by atoms with E-state index in [0.29, 0.717) is 6.42 Å². The lowest BCUT2D eigenvalue weighted by molar-refractivity contribution is -0.0512. The first kappa shape index (κ1) is 12.7. The van der Waals surface area contributed by atoms with Gasteiger partial charge in [0.2, 0.25) is 0 Å². The first-order valence-corrected chi connectivity index (χ1v) is 4.90. The molecule has 0 saturated heterocycles. The van der Waals surface area contributed by atoms with Gasteiger partial charge in [-0.25, -0.2) is 0 Å². The SMILES string of the molecule is COc1ccc(CC(C)N)cc1OC(F)F. The summed E-state index contributed by atoms with van der Waals surface area (Å²) in [6.45, 7) is -1.02. The van der Waals surface area contributed by atoms with Gasteiger partial charge in [0, 0.05) is 6.04 Å². The molecule has 16 heavy (non-hydrogen) atoms. The van der Waals surface area contributed by atoms with Gasteiger partial charge in [-0.3, -0.25) is 0 Å². The maximum Gasteiger partial charge on any atom is 0.387 e. The summed E-state index contributed by atoms with van der Waals surface area (Å²) in [5.41, 5.74) is 6.47. The number of methoxy groups -OCH3 is 1. The Labute approximate surface area is 93.2 Å². The molecular weight excluding hydrogens is 216 g/mol. The van der Waals surface area contributed by atoms with E-state index in [1.165, 1.54) is 13.2 Å². The van der Waals surface area contributed by atoms with Crippen molar-refractivity contribution in [1.82, 2.24) is 0 Å². The first-order valence-electron chi connectivity index (χ1n) is 4.90. The van der Waals surface area contributed by atoms with Crippen LogP contribution in [0.5, 0.6) is 11.5 Å². The van der Waals surface area contributed by atoms with Crippen molar-refractivity contribution in [3.8, 4) is 11.5 Å². The summed E-state index contributed by atoms with van der Waals surface area (Å²) in [5.74, 6) is 0.323. The molecule has 0 heterocycles. The van der Waals surface area contributed by atoms with E-state index < -0.39 is 6.61 Å². The fourth-order valence-electron chi connectivity index (χ4n) is 1.41. The summed E-state index contributed by atoms with van der Waals surface area (Å²) in [7, 11) is 1.40. The Bertz CT molecular complexity index is 343. The lowest BCUT2D eigenvalue weighted by Gasteiger charge is -2.12. The molecule has 0 amide bonds. The predicted octanol–water partition coefficient (Wildman–Crippen LogP) is 2.19. The number of ether oxygens (including phenoxy) is 2. The zero-order valence-corrected chi connectivity index (χ0v) is 9.24. The average molecular weight is 231 g/mol. The average Bonchev–Trinajstić information content (AvgIpc) is 2.16. The topological polar surface area (TPSA) is 44.5 Å². The zero-order valence-electron chi connectivity index (χ0n) is 9.24. The van der Waals surface area contributed by atoms with Crippen LogP contribution in [-0.2, 0) is 6.42 Å². The summed E-state index contributed by atoms with van der Waals surface area (Å²) in [6, 6.07) is 4.86. The molecule has 2 N–H and O–H groups in total. The molecule has 90 valence electrons. The standard InChI is InChI=1S/C11H15F2NO2/c1-7(14)5-8-3-4-9(15-2)10(6-8)16-11(12)13/h3-4,6-7,11H,5,14H2,1-2H3. The van der Waals surface area contributed by atoms with Crippen molar-refractivity contribution in [2.45, 2.75) is 26.0 Å². The monoisotopic (exact) mass is 231 g/mol. The smallest absolute Gasteiger partial charge is 0.387 e. The number of alkyl halides is 2. The molecule has 0 radical (unpaired) electrons. The molecule has 5 heteroatoms. The van der Waals surface area contributed by atoms with Gasteiger partial charge in [0.1, 0.15) is 0 Å². The third kappa shape index (κ3) is 3.66. The van der Waals surface area contributed by atoms with E-state index in [0.717, 1.165) is 5.56 Å². The molecule has 1 rings (SSSR count). The third-order valence-corrected chi connectivity index (χ3v) is 2.00. The zero-order chi connectivity index (χ0) is 12.1. The van der Waals surface area contributed by atoms with Gasteiger partial charge in [0.15, 0.2) is 11.5 Å². The van der Waals surface area contributed by atoms with Crippen molar-refractivity contribution >= 4 is 0 Å². The summed E-state index contributed by atoms with van der Waals surface area (Å²) in [4.78, 5) is 0. The molecule has 1 aromatic rings. The minimum atomic E-state index is -2.86. The van der Waals surface area contributed by atoms with Gasteiger partial charge in [0.25, 0.3) is 0 Å². The van der Waals surface area contributed by atoms with Crippen LogP contribution in [0, 0.1) is 0 Å². The number of rotatable bonds is 5. The Kier molecular flexibility index (Phi) is 4.49. The van der Waals surface area contributed by atoms with E-state index in [1.807, 2.05) is 6.92 Å². The van der Waals surface area contributed by atoms with E-state index in [4.69, 9.17) is 10.5 Å². The van der Waals surface area contributed by atoms with Crippen molar-refractivity contribution in [1.29, 1.82) is 0 Å². The Morgan fingerprint density at radius 1 is 1.31 bits per heavy atom. The molecule has 0 aromatic heterocycles. The molecule has 0 bridgehead atoms. The summed E-state index contributed by atoms with van der Waals surface area (Å²) >= 11 is 0. The maximum atomic E-state index is 12.1. The molecule has 3 nitrogen and oxygen atoms in total. The van der Waals surface area contributed by atoms with Gasteiger partial charge in [-0.15, -0.1) is 0 Å². The van der Waals surface area contributed by atoms with Crippen LogP contribution in [0.1, 0.15) is 12.5 Å². The summed E-state index contributed by atoms with van der Waals surface area (Å²) < 4.78 is 33.5. The van der Waals surface area contributed by atoms with E-state index in [-0.39, 0.29) is 17.5 Å². The lowest BCUT2D eigenvalue weighted by atomic mass is 10.1. The van der Waals surface area contributed by atoms with Crippen LogP contribution in [0.25, 0.3) is 0 Å². The predicted molar refractivity (Wildman–Crippen MR) is 57.0 cm³/mol. The van der Waals surface area contributed by atoms with Crippen LogP contribution in [-0.4, -0.2) is 19.8 Å². The largest absolute Gasteiger partial charge is 0.493 e. The minimum Gasteiger partial charge on any atom is -0.493 e.